The monoisotopic (exact) mass is 333 g/mol. The zero-order valence-electron chi connectivity index (χ0n) is 11.1. The van der Waals surface area contributed by atoms with E-state index < -0.39 is 33.2 Å². The van der Waals surface area contributed by atoms with Gasteiger partial charge < -0.3 is 5.11 Å². The molecular weight excluding hydrogens is 320 g/mol. The van der Waals surface area contributed by atoms with E-state index in [0.717, 1.165) is 22.0 Å². The summed E-state index contributed by atoms with van der Waals surface area (Å²) in [4.78, 5) is -0.774. The lowest BCUT2D eigenvalue weighted by Crippen LogP contribution is -2.27. The summed E-state index contributed by atoms with van der Waals surface area (Å²) in [6.07, 6.45) is 0. The van der Waals surface area contributed by atoms with Gasteiger partial charge in [0, 0.05) is 13.6 Å². The van der Waals surface area contributed by atoms with Crippen molar-refractivity contribution in [3.8, 4) is 0 Å². The summed E-state index contributed by atoms with van der Waals surface area (Å²) in [5.74, 6) is -2.74. The van der Waals surface area contributed by atoms with Gasteiger partial charge in [-0.25, -0.2) is 17.2 Å². The van der Waals surface area contributed by atoms with E-state index in [1.54, 1.807) is 16.8 Å². The van der Waals surface area contributed by atoms with Crippen LogP contribution in [0.25, 0.3) is 0 Å². The van der Waals surface area contributed by atoms with Crippen LogP contribution in [0, 0.1) is 11.6 Å². The number of aliphatic hydroxyl groups excluding tert-OH is 1. The smallest absolute Gasteiger partial charge is 0.246 e. The van der Waals surface area contributed by atoms with Crippen LogP contribution in [0.5, 0.6) is 0 Å². The fourth-order valence-corrected chi connectivity index (χ4v) is 3.73. The maximum atomic E-state index is 13.8. The van der Waals surface area contributed by atoms with Gasteiger partial charge in [-0.3, -0.25) is 0 Å². The van der Waals surface area contributed by atoms with E-state index in [4.69, 9.17) is 5.11 Å². The zero-order chi connectivity index (χ0) is 15.6. The molecule has 4 nitrogen and oxygen atoms in total. The van der Waals surface area contributed by atoms with Crippen molar-refractivity contribution < 1.29 is 22.3 Å². The van der Waals surface area contributed by atoms with Crippen LogP contribution < -0.4 is 0 Å². The summed E-state index contributed by atoms with van der Waals surface area (Å²) >= 11 is 1.41. The number of nitrogens with zero attached hydrogens (tertiary/aromatic N) is 1. The Balaban J connectivity index is 2.41. The van der Waals surface area contributed by atoms with Crippen molar-refractivity contribution in [1.82, 2.24) is 4.31 Å². The SMILES string of the molecule is CN(Cc1ccsc1)S(=O)(=O)c1cc(CO)cc(F)c1F. The topological polar surface area (TPSA) is 57.6 Å². The molecule has 0 saturated heterocycles. The van der Waals surface area contributed by atoms with Gasteiger partial charge >= 0.3 is 0 Å². The number of halogens is 2. The summed E-state index contributed by atoms with van der Waals surface area (Å²) in [5.41, 5.74) is 0.752. The van der Waals surface area contributed by atoms with Gasteiger partial charge in [0.15, 0.2) is 11.6 Å². The largest absolute Gasteiger partial charge is 0.392 e. The minimum Gasteiger partial charge on any atom is -0.392 e. The van der Waals surface area contributed by atoms with E-state index >= 15 is 0 Å². The summed E-state index contributed by atoms with van der Waals surface area (Å²) in [7, 11) is -2.90. The third kappa shape index (κ3) is 3.29. The lowest BCUT2D eigenvalue weighted by atomic mass is 10.2. The van der Waals surface area contributed by atoms with Crippen LogP contribution in [0.15, 0.2) is 33.9 Å². The molecule has 114 valence electrons. The van der Waals surface area contributed by atoms with Crippen LogP contribution in [-0.4, -0.2) is 24.9 Å². The number of sulfonamides is 1. The first kappa shape index (κ1) is 16.0. The normalized spacial score (nSPS) is 12.0. The van der Waals surface area contributed by atoms with Crippen LogP contribution in [0.2, 0.25) is 0 Å². The fourth-order valence-electron chi connectivity index (χ4n) is 1.79. The van der Waals surface area contributed by atoms with Crippen LogP contribution in [0.1, 0.15) is 11.1 Å². The molecule has 1 heterocycles. The molecule has 0 unspecified atom stereocenters. The molecule has 0 saturated carbocycles. The predicted octanol–water partition coefficient (Wildman–Crippen LogP) is 2.34. The van der Waals surface area contributed by atoms with E-state index in [1.807, 2.05) is 0 Å². The molecule has 1 aromatic carbocycles. The van der Waals surface area contributed by atoms with Gasteiger partial charge in [-0.2, -0.15) is 15.6 Å². The van der Waals surface area contributed by atoms with E-state index in [1.165, 1.54) is 18.4 Å². The van der Waals surface area contributed by atoms with E-state index in [2.05, 4.69) is 0 Å². The first-order valence-corrected chi connectivity index (χ1v) is 8.30. The summed E-state index contributed by atoms with van der Waals surface area (Å²) in [6, 6.07) is 3.46. The van der Waals surface area contributed by atoms with Crippen LogP contribution in [0.4, 0.5) is 8.78 Å². The molecule has 1 aromatic heterocycles. The summed E-state index contributed by atoms with van der Waals surface area (Å²) in [6.45, 7) is -0.524. The number of aliphatic hydroxyl groups is 1. The standard InChI is InChI=1S/C13H13F2NO3S2/c1-16(6-9-2-3-20-8-9)21(18,19)12-5-10(7-17)4-11(14)13(12)15/h2-5,8,17H,6-7H2,1H3. The van der Waals surface area contributed by atoms with Crippen molar-refractivity contribution in [2.24, 2.45) is 0 Å². The Kier molecular flexibility index (Phi) is 4.72. The zero-order valence-corrected chi connectivity index (χ0v) is 12.7. The second-order valence-electron chi connectivity index (χ2n) is 4.44. The van der Waals surface area contributed by atoms with Crippen molar-refractivity contribution in [2.45, 2.75) is 18.0 Å². The van der Waals surface area contributed by atoms with Crippen molar-refractivity contribution in [3.05, 3.63) is 51.7 Å². The molecule has 21 heavy (non-hydrogen) atoms. The second-order valence-corrected chi connectivity index (χ2v) is 7.23. The maximum Gasteiger partial charge on any atom is 0.246 e. The van der Waals surface area contributed by atoms with Crippen LogP contribution in [-0.2, 0) is 23.2 Å². The Morgan fingerprint density at radius 1 is 1.29 bits per heavy atom. The van der Waals surface area contributed by atoms with Crippen molar-refractivity contribution in [2.75, 3.05) is 7.05 Å². The molecule has 0 bridgehead atoms. The molecule has 2 rings (SSSR count). The molecule has 0 aliphatic heterocycles. The number of hydrogen-bond acceptors (Lipinski definition) is 4. The molecule has 0 spiro atoms. The molecule has 8 heteroatoms. The summed E-state index contributed by atoms with van der Waals surface area (Å²) in [5, 5.41) is 12.6. The fraction of sp³-hybridized carbons (Fsp3) is 0.231. The Bertz CT molecular complexity index is 730. The van der Waals surface area contributed by atoms with Gasteiger partial charge in [0.05, 0.1) is 6.61 Å². The first-order chi connectivity index (χ1) is 9.86. The quantitative estimate of drug-likeness (QED) is 0.914. The predicted molar refractivity (Wildman–Crippen MR) is 75.3 cm³/mol. The minimum absolute atomic E-state index is 0.00333. The molecule has 0 aliphatic rings. The molecule has 0 aliphatic carbocycles. The number of thiophene rings is 1. The summed E-state index contributed by atoms with van der Waals surface area (Å²) < 4.78 is 52.8. The van der Waals surface area contributed by atoms with Crippen molar-refractivity contribution in [3.63, 3.8) is 0 Å². The Hall–Kier alpha value is -1.35. The van der Waals surface area contributed by atoms with Gasteiger partial charge in [-0.05, 0) is 40.1 Å². The molecular formula is C13H13F2NO3S2. The van der Waals surface area contributed by atoms with E-state index in [0.29, 0.717) is 0 Å². The van der Waals surface area contributed by atoms with Crippen LogP contribution in [0.3, 0.4) is 0 Å². The Morgan fingerprint density at radius 2 is 2.00 bits per heavy atom. The highest BCUT2D eigenvalue weighted by molar-refractivity contribution is 7.89. The van der Waals surface area contributed by atoms with E-state index in [-0.39, 0.29) is 12.1 Å². The second kappa shape index (κ2) is 6.18. The lowest BCUT2D eigenvalue weighted by Gasteiger charge is -2.17. The van der Waals surface area contributed by atoms with Gasteiger partial charge in [0.2, 0.25) is 10.0 Å². The first-order valence-electron chi connectivity index (χ1n) is 5.92. The lowest BCUT2D eigenvalue weighted by molar-refractivity contribution is 0.280. The minimum atomic E-state index is -4.19. The molecule has 1 N–H and O–H groups in total. The number of hydrogen-bond donors (Lipinski definition) is 1. The average molecular weight is 333 g/mol. The number of rotatable bonds is 5. The van der Waals surface area contributed by atoms with Gasteiger partial charge in [-0.1, -0.05) is 0 Å². The maximum absolute atomic E-state index is 13.8. The Labute approximate surface area is 125 Å². The van der Waals surface area contributed by atoms with Crippen molar-refractivity contribution >= 4 is 21.4 Å². The third-order valence-electron chi connectivity index (χ3n) is 2.91. The highest BCUT2D eigenvalue weighted by atomic mass is 32.2. The number of benzene rings is 1. The van der Waals surface area contributed by atoms with Gasteiger partial charge in [0.1, 0.15) is 4.90 Å². The highest BCUT2D eigenvalue weighted by Gasteiger charge is 2.27. The molecule has 2 aromatic rings. The third-order valence-corrected chi connectivity index (χ3v) is 5.45. The van der Waals surface area contributed by atoms with Crippen molar-refractivity contribution in [1.29, 1.82) is 0 Å². The van der Waals surface area contributed by atoms with E-state index in [9.17, 15) is 17.2 Å². The highest BCUT2D eigenvalue weighted by Crippen LogP contribution is 2.24. The average Bonchev–Trinajstić information content (AvgIpc) is 2.94. The van der Waals surface area contributed by atoms with Gasteiger partial charge in [0.25, 0.3) is 0 Å². The van der Waals surface area contributed by atoms with Crippen LogP contribution >= 0.6 is 11.3 Å². The molecule has 0 radical (unpaired) electrons. The molecule has 0 atom stereocenters. The molecule has 0 fully saturated rings. The van der Waals surface area contributed by atoms with Gasteiger partial charge in [-0.15, -0.1) is 0 Å². The molecule has 0 amide bonds. The Morgan fingerprint density at radius 3 is 2.57 bits per heavy atom.